The lowest BCUT2D eigenvalue weighted by molar-refractivity contribution is -0.116. The van der Waals surface area contributed by atoms with Crippen molar-refractivity contribution in [3.63, 3.8) is 0 Å². The maximum absolute atomic E-state index is 12.0. The molecule has 0 bridgehead atoms. The summed E-state index contributed by atoms with van der Waals surface area (Å²) in [6.07, 6.45) is 1.07. The van der Waals surface area contributed by atoms with E-state index in [4.69, 9.17) is 4.74 Å². The van der Waals surface area contributed by atoms with Crippen LogP contribution in [0.25, 0.3) is 0 Å². The Hall–Kier alpha value is -1.40. The average Bonchev–Trinajstić information content (AvgIpc) is 2.81. The summed E-state index contributed by atoms with van der Waals surface area (Å²) in [5.74, 6) is 0.777. The molecule has 0 spiro atoms. The van der Waals surface area contributed by atoms with Crippen LogP contribution < -0.4 is 10.1 Å². The monoisotopic (exact) mass is 424 g/mol. The second-order valence-electron chi connectivity index (χ2n) is 7.06. The smallest absolute Gasteiger partial charge is 0.226 e. The molecule has 0 radical (unpaired) electrons. The number of anilines is 1. The molecule has 0 fully saturated rings. The maximum atomic E-state index is 12.0. The molecular formula is C19H25BrN2O2S. The van der Waals surface area contributed by atoms with E-state index < -0.39 is 0 Å². The Balaban J connectivity index is 1.78. The first-order chi connectivity index (χ1) is 11.7. The highest BCUT2D eigenvalue weighted by Crippen LogP contribution is 2.31. The number of carbonyl (C=O) groups is 1. The van der Waals surface area contributed by atoms with Crippen LogP contribution >= 0.6 is 27.3 Å². The van der Waals surface area contributed by atoms with Gasteiger partial charge in [-0.3, -0.25) is 4.79 Å². The molecule has 0 aliphatic carbocycles. The van der Waals surface area contributed by atoms with Crippen LogP contribution in [0.3, 0.4) is 0 Å². The fraction of sp³-hybridized carbons (Fsp3) is 0.474. The van der Waals surface area contributed by atoms with E-state index in [1.165, 1.54) is 16.9 Å². The predicted molar refractivity (Wildman–Crippen MR) is 108 cm³/mol. The van der Waals surface area contributed by atoms with Gasteiger partial charge in [-0.15, -0.1) is 11.3 Å². The van der Waals surface area contributed by atoms with Crippen LogP contribution in [0.4, 0.5) is 5.13 Å². The largest absolute Gasteiger partial charge is 0.492 e. The molecule has 4 nitrogen and oxygen atoms in total. The standard InChI is InChI=1S/C19H25BrN2O2S/c1-12-13(2)25-18(21-12)22-17(23)7-6-10-24-16-9-8-14(11-15(16)20)19(3,4)5/h8-9,11H,6-7,10H2,1-5H3,(H,21,22,23). The lowest BCUT2D eigenvalue weighted by Crippen LogP contribution is -2.13. The third-order valence-electron chi connectivity index (χ3n) is 3.88. The minimum atomic E-state index is -0.0282. The molecule has 0 unspecified atom stereocenters. The molecule has 2 aromatic rings. The summed E-state index contributed by atoms with van der Waals surface area (Å²) in [6.45, 7) is 11.0. The van der Waals surface area contributed by atoms with Crippen LogP contribution in [0.1, 0.15) is 49.7 Å². The Kier molecular flexibility index (Phi) is 6.63. The van der Waals surface area contributed by atoms with Crippen molar-refractivity contribution in [1.82, 2.24) is 4.98 Å². The number of hydrogen-bond donors (Lipinski definition) is 1. The number of nitrogens with one attached hydrogen (secondary N) is 1. The lowest BCUT2D eigenvalue weighted by atomic mass is 9.87. The molecular weight excluding hydrogens is 400 g/mol. The molecule has 0 aliphatic heterocycles. The normalized spacial score (nSPS) is 11.4. The molecule has 1 aromatic heterocycles. The number of benzene rings is 1. The molecule has 2 rings (SSSR count). The minimum Gasteiger partial charge on any atom is -0.492 e. The molecule has 1 N–H and O–H groups in total. The van der Waals surface area contributed by atoms with Crippen molar-refractivity contribution in [2.75, 3.05) is 11.9 Å². The van der Waals surface area contributed by atoms with Crippen LogP contribution in [0.5, 0.6) is 5.75 Å². The van der Waals surface area contributed by atoms with Gasteiger partial charge in [-0.1, -0.05) is 26.8 Å². The van der Waals surface area contributed by atoms with Gasteiger partial charge in [-0.25, -0.2) is 4.98 Å². The van der Waals surface area contributed by atoms with Gasteiger partial charge >= 0.3 is 0 Å². The summed E-state index contributed by atoms with van der Waals surface area (Å²) in [6, 6.07) is 6.15. The number of hydrogen-bond acceptors (Lipinski definition) is 4. The second-order valence-corrected chi connectivity index (χ2v) is 9.11. The summed E-state index contributed by atoms with van der Waals surface area (Å²) in [4.78, 5) is 17.4. The molecule has 1 amide bonds. The van der Waals surface area contributed by atoms with E-state index in [1.807, 2.05) is 19.9 Å². The number of aryl methyl sites for hydroxylation is 2. The topological polar surface area (TPSA) is 51.2 Å². The van der Waals surface area contributed by atoms with Crippen molar-refractivity contribution in [1.29, 1.82) is 0 Å². The van der Waals surface area contributed by atoms with Gasteiger partial charge in [0.1, 0.15) is 5.75 Å². The molecule has 1 heterocycles. The molecule has 0 atom stereocenters. The SMILES string of the molecule is Cc1nc(NC(=O)CCCOc2ccc(C(C)(C)C)cc2Br)sc1C. The highest BCUT2D eigenvalue weighted by molar-refractivity contribution is 9.10. The Morgan fingerprint density at radius 2 is 2.04 bits per heavy atom. The fourth-order valence-corrected chi connectivity index (χ4v) is 3.53. The van der Waals surface area contributed by atoms with Crippen LogP contribution in [0.2, 0.25) is 0 Å². The maximum Gasteiger partial charge on any atom is 0.226 e. The van der Waals surface area contributed by atoms with Crippen molar-refractivity contribution in [3.05, 3.63) is 38.8 Å². The summed E-state index contributed by atoms with van der Waals surface area (Å²) in [5, 5.41) is 3.51. The molecule has 0 saturated heterocycles. The van der Waals surface area contributed by atoms with Gasteiger partial charge in [0.2, 0.25) is 5.91 Å². The van der Waals surface area contributed by atoms with E-state index in [2.05, 4.69) is 59.1 Å². The highest BCUT2D eigenvalue weighted by Gasteiger charge is 2.15. The zero-order valence-electron chi connectivity index (χ0n) is 15.4. The molecule has 6 heteroatoms. The second kappa shape index (κ2) is 8.32. The first-order valence-corrected chi connectivity index (χ1v) is 9.94. The van der Waals surface area contributed by atoms with Crippen LogP contribution in [0.15, 0.2) is 22.7 Å². The van der Waals surface area contributed by atoms with Crippen LogP contribution in [-0.4, -0.2) is 17.5 Å². The van der Waals surface area contributed by atoms with Crippen molar-refractivity contribution < 1.29 is 9.53 Å². The summed E-state index contributed by atoms with van der Waals surface area (Å²) < 4.78 is 6.73. The quantitative estimate of drug-likeness (QED) is 0.612. The molecule has 0 aliphatic rings. The van der Waals surface area contributed by atoms with E-state index in [-0.39, 0.29) is 11.3 Å². The van der Waals surface area contributed by atoms with Gasteiger partial charge in [-0.2, -0.15) is 0 Å². The number of aromatic nitrogens is 1. The Morgan fingerprint density at radius 1 is 1.32 bits per heavy atom. The number of nitrogens with zero attached hydrogens (tertiary/aromatic N) is 1. The molecule has 0 saturated carbocycles. The summed E-state index contributed by atoms with van der Waals surface area (Å²) >= 11 is 5.07. The van der Waals surface area contributed by atoms with E-state index in [1.54, 1.807) is 0 Å². The van der Waals surface area contributed by atoms with Gasteiger partial charge in [-0.05, 0) is 59.3 Å². The number of thiazole rings is 1. The number of ether oxygens (including phenoxy) is 1. The molecule has 25 heavy (non-hydrogen) atoms. The van der Waals surface area contributed by atoms with E-state index in [9.17, 15) is 4.79 Å². The van der Waals surface area contributed by atoms with E-state index >= 15 is 0 Å². The summed E-state index contributed by atoms with van der Waals surface area (Å²) in [5.41, 5.74) is 2.32. The third-order valence-corrected chi connectivity index (χ3v) is 5.49. The van der Waals surface area contributed by atoms with Gasteiger partial charge in [0.25, 0.3) is 0 Å². The van der Waals surface area contributed by atoms with E-state index in [0.717, 1.165) is 20.8 Å². The minimum absolute atomic E-state index is 0.0282. The lowest BCUT2D eigenvalue weighted by Gasteiger charge is -2.20. The summed E-state index contributed by atoms with van der Waals surface area (Å²) in [7, 11) is 0. The Morgan fingerprint density at radius 3 is 2.60 bits per heavy atom. The predicted octanol–water partition coefficient (Wildman–Crippen LogP) is 5.62. The van der Waals surface area contributed by atoms with Crippen molar-refractivity contribution in [2.45, 2.75) is 52.9 Å². The van der Waals surface area contributed by atoms with Gasteiger partial charge < -0.3 is 10.1 Å². The Labute approximate surface area is 162 Å². The van der Waals surface area contributed by atoms with Gasteiger partial charge in [0, 0.05) is 11.3 Å². The van der Waals surface area contributed by atoms with Crippen LogP contribution in [-0.2, 0) is 10.2 Å². The first kappa shape index (κ1) is 19.9. The molecule has 1 aromatic carbocycles. The third kappa shape index (κ3) is 5.82. The number of carbonyl (C=O) groups excluding carboxylic acids is 1. The average molecular weight is 425 g/mol. The number of halogens is 1. The fourth-order valence-electron chi connectivity index (χ4n) is 2.21. The molecule has 136 valence electrons. The van der Waals surface area contributed by atoms with Crippen molar-refractivity contribution in [3.8, 4) is 5.75 Å². The zero-order chi connectivity index (χ0) is 18.6. The van der Waals surface area contributed by atoms with Gasteiger partial charge in [0.15, 0.2) is 5.13 Å². The highest BCUT2D eigenvalue weighted by atomic mass is 79.9. The number of rotatable bonds is 6. The van der Waals surface area contributed by atoms with Crippen molar-refractivity contribution >= 4 is 38.3 Å². The number of amides is 1. The van der Waals surface area contributed by atoms with Gasteiger partial charge in [0.05, 0.1) is 16.8 Å². The zero-order valence-corrected chi connectivity index (χ0v) is 17.8. The Bertz CT molecular complexity index is 731. The van der Waals surface area contributed by atoms with Crippen molar-refractivity contribution in [2.24, 2.45) is 0 Å². The first-order valence-electron chi connectivity index (χ1n) is 8.33. The van der Waals surface area contributed by atoms with Crippen LogP contribution in [0, 0.1) is 13.8 Å². The van der Waals surface area contributed by atoms with E-state index in [0.29, 0.717) is 24.6 Å².